The molecule has 24 heavy (non-hydrogen) atoms. The van der Waals surface area contributed by atoms with Crippen molar-refractivity contribution in [2.45, 2.75) is 13.2 Å². The van der Waals surface area contributed by atoms with Gasteiger partial charge in [0.1, 0.15) is 13.2 Å². The Labute approximate surface area is 148 Å². The van der Waals surface area contributed by atoms with Crippen molar-refractivity contribution >= 4 is 35.4 Å². The molecule has 0 radical (unpaired) electrons. The number of carbonyl (C=O) groups is 2. The first kappa shape index (κ1) is 17.9. The van der Waals surface area contributed by atoms with Crippen molar-refractivity contribution in [3.8, 4) is 0 Å². The van der Waals surface area contributed by atoms with Gasteiger partial charge in [-0.3, -0.25) is 0 Å². The van der Waals surface area contributed by atoms with Crippen LogP contribution in [-0.2, 0) is 22.7 Å². The zero-order chi connectivity index (χ0) is 17.4. The molecule has 0 N–H and O–H groups in total. The number of amides is 2. The predicted molar refractivity (Wildman–Crippen MR) is 88.1 cm³/mol. The summed E-state index contributed by atoms with van der Waals surface area (Å²) in [5.74, 6) is 0. The van der Waals surface area contributed by atoms with E-state index in [1.807, 2.05) is 0 Å². The fourth-order valence-corrected chi connectivity index (χ4v) is 1.84. The lowest BCUT2D eigenvalue weighted by Crippen LogP contribution is -2.02. The van der Waals surface area contributed by atoms with E-state index in [-0.39, 0.29) is 13.2 Å². The van der Waals surface area contributed by atoms with Crippen LogP contribution in [0.1, 0.15) is 11.1 Å². The van der Waals surface area contributed by atoms with Gasteiger partial charge in [-0.25, -0.2) is 9.59 Å². The minimum absolute atomic E-state index is 0.00511. The number of benzene rings is 2. The zero-order valence-electron chi connectivity index (χ0n) is 12.3. The first-order chi connectivity index (χ1) is 11.5. The highest BCUT2D eigenvalue weighted by Gasteiger charge is 2.05. The van der Waals surface area contributed by atoms with E-state index in [1.165, 1.54) is 0 Å². The van der Waals surface area contributed by atoms with Gasteiger partial charge >= 0.3 is 12.2 Å². The SMILES string of the molecule is O=C(/N=N\C(=O)OCc1ccc(Cl)cc1)OCc1ccc(Cl)cc1. The van der Waals surface area contributed by atoms with E-state index in [9.17, 15) is 9.59 Å². The second-order valence-corrected chi connectivity index (χ2v) is 5.43. The first-order valence-electron chi connectivity index (χ1n) is 6.77. The lowest BCUT2D eigenvalue weighted by atomic mass is 10.2. The minimum Gasteiger partial charge on any atom is -0.442 e. The number of hydrogen-bond acceptors (Lipinski definition) is 4. The summed E-state index contributed by atoms with van der Waals surface area (Å²) < 4.78 is 9.66. The fraction of sp³-hybridized carbons (Fsp3) is 0.125. The van der Waals surface area contributed by atoms with Crippen molar-refractivity contribution in [2.24, 2.45) is 10.2 Å². The Morgan fingerprint density at radius 3 is 1.38 bits per heavy atom. The van der Waals surface area contributed by atoms with Crippen molar-refractivity contribution in [1.82, 2.24) is 0 Å². The molecule has 2 rings (SSSR count). The average molecular weight is 367 g/mol. The fourth-order valence-electron chi connectivity index (χ4n) is 1.59. The van der Waals surface area contributed by atoms with E-state index in [1.54, 1.807) is 48.5 Å². The van der Waals surface area contributed by atoms with Crippen molar-refractivity contribution in [1.29, 1.82) is 0 Å². The van der Waals surface area contributed by atoms with Gasteiger partial charge in [0.2, 0.25) is 0 Å². The quantitative estimate of drug-likeness (QED) is 0.676. The monoisotopic (exact) mass is 366 g/mol. The van der Waals surface area contributed by atoms with Crippen molar-refractivity contribution in [3.63, 3.8) is 0 Å². The summed E-state index contributed by atoms with van der Waals surface area (Å²) in [6.07, 6.45) is -1.98. The molecule has 6 nitrogen and oxygen atoms in total. The molecule has 0 atom stereocenters. The number of rotatable bonds is 4. The summed E-state index contributed by atoms with van der Waals surface area (Å²) in [6.45, 7) is -0.0102. The summed E-state index contributed by atoms with van der Waals surface area (Å²) in [5, 5.41) is 7.40. The number of ether oxygens (including phenoxy) is 2. The van der Waals surface area contributed by atoms with Crippen LogP contribution in [0.5, 0.6) is 0 Å². The van der Waals surface area contributed by atoms with Crippen LogP contribution >= 0.6 is 23.2 Å². The van der Waals surface area contributed by atoms with Gasteiger partial charge in [0.15, 0.2) is 0 Å². The summed E-state index contributed by atoms with van der Waals surface area (Å²) in [6, 6.07) is 13.5. The molecule has 0 heterocycles. The highest BCUT2D eigenvalue weighted by Crippen LogP contribution is 2.11. The van der Waals surface area contributed by atoms with Crippen LogP contribution in [0, 0.1) is 0 Å². The van der Waals surface area contributed by atoms with Crippen LogP contribution in [0.15, 0.2) is 58.8 Å². The van der Waals surface area contributed by atoms with Gasteiger partial charge in [0.25, 0.3) is 0 Å². The molecular weight excluding hydrogens is 355 g/mol. The van der Waals surface area contributed by atoms with Gasteiger partial charge in [-0.15, -0.1) is 0 Å². The van der Waals surface area contributed by atoms with Crippen molar-refractivity contribution in [3.05, 3.63) is 69.7 Å². The van der Waals surface area contributed by atoms with Crippen LogP contribution < -0.4 is 0 Å². The third-order valence-electron chi connectivity index (χ3n) is 2.76. The smallest absolute Gasteiger partial charge is 0.442 e. The van der Waals surface area contributed by atoms with Gasteiger partial charge in [-0.05, 0) is 35.4 Å². The van der Waals surface area contributed by atoms with Gasteiger partial charge < -0.3 is 9.47 Å². The topological polar surface area (TPSA) is 77.3 Å². The molecule has 2 aromatic rings. The molecule has 0 aliphatic carbocycles. The third-order valence-corrected chi connectivity index (χ3v) is 3.27. The maximum Gasteiger partial charge on any atom is 0.452 e. The van der Waals surface area contributed by atoms with Gasteiger partial charge in [0, 0.05) is 10.0 Å². The molecule has 0 saturated carbocycles. The molecule has 0 aliphatic rings. The second-order valence-electron chi connectivity index (χ2n) is 4.56. The Kier molecular flexibility index (Phi) is 6.72. The van der Waals surface area contributed by atoms with Gasteiger partial charge in [0.05, 0.1) is 0 Å². The Balaban J connectivity index is 1.73. The zero-order valence-corrected chi connectivity index (χ0v) is 13.8. The maximum absolute atomic E-state index is 11.4. The molecular formula is C16H12Cl2N2O4. The summed E-state index contributed by atoms with van der Waals surface area (Å²) in [7, 11) is 0. The first-order valence-corrected chi connectivity index (χ1v) is 7.52. The lowest BCUT2D eigenvalue weighted by Gasteiger charge is -2.02. The Morgan fingerprint density at radius 1 is 0.708 bits per heavy atom. The molecule has 0 saturated heterocycles. The van der Waals surface area contributed by atoms with Gasteiger partial charge in [-0.2, -0.15) is 0 Å². The van der Waals surface area contributed by atoms with Gasteiger partial charge in [-0.1, -0.05) is 57.7 Å². The van der Waals surface area contributed by atoms with Crippen LogP contribution in [0.3, 0.4) is 0 Å². The molecule has 0 unspecified atom stereocenters. The third kappa shape index (κ3) is 6.36. The van der Waals surface area contributed by atoms with Crippen LogP contribution in [-0.4, -0.2) is 12.2 Å². The molecule has 0 aliphatic heterocycles. The average Bonchev–Trinajstić information content (AvgIpc) is 2.59. The van der Waals surface area contributed by atoms with Crippen LogP contribution in [0.4, 0.5) is 9.59 Å². The van der Waals surface area contributed by atoms with Crippen molar-refractivity contribution < 1.29 is 19.1 Å². The van der Waals surface area contributed by atoms with E-state index in [0.29, 0.717) is 10.0 Å². The van der Waals surface area contributed by atoms with E-state index >= 15 is 0 Å². The van der Waals surface area contributed by atoms with Crippen molar-refractivity contribution in [2.75, 3.05) is 0 Å². The Bertz CT molecular complexity index is 667. The molecule has 124 valence electrons. The van der Waals surface area contributed by atoms with E-state index in [4.69, 9.17) is 32.7 Å². The molecule has 8 heteroatoms. The molecule has 2 aromatic carbocycles. The minimum atomic E-state index is -0.992. The Hall–Kier alpha value is -2.44. The highest BCUT2D eigenvalue weighted by atomic mass is 35.5. The molecule has 0 fully saturated rings. The van der Waals surface area contributed by atoms with Crippen LogP contribution in [0.2, 0.25) is 10.0 Å². The molecule has 0 bridgehead atoms. The largest absolute Gasteiger partial charge is 0.452 e. The number of azo groups is 1. The van der Waals surface area contributed by atoms with Crippen LogP contribution in [0.25, 0.3) is 0 Å². The summed E-state index contributed by atoms with van der Waals surface area (Å²) >= 11 is 11.5. The number of nitrogens with zero attached hydrogens (tertiary/aromatic N) is 2. The van der Waals surface area contributed by atoms with E-state index in [0.717, 1.165) is 11.1 Å². The number of hydrogen-bond donors (Lipinski definition) is 0. The summed E-state index contributed by atoms with van der Waals surface area (Å²) in [4.78, 5) is 22.7. The number of carbonyl (C=O) groups excluding carboxylic acids is 2. The molecule has 0 spiro atoms. The van der Waals surface area contributed by atoms with E-state index < -0.39 is 12.2 Å². The predicted octanol–water partition coefficient (Wildman–Crippen LogP) is 5.42. The Morgan fingerprint density at radius 2 is 1.04 bits per heavy atom. The normalized spacial score (nSPS) is 10.6. The molecule has 0 aromatic heterocycles. The summed E-state index contributed by atoms with van der Waals surface area (Å²) in [5.41, 5.74) is 1.46. The maximum atomic E-state index is 11.4. The second kappa shape index (κ2) is 9.00. The number of halogens is 2. The highest BCUT2D eigenvalue weighted by molar-refractivity contribution is 6.30. The van der Waals surface area contributed by atoms with E-state index in [2.05, 4.69) is 10.2 Å². The standard InChI is InChI=1S/C16H12Cl2N2O4/c17-13-5-1-11(2-6-13)9-23-15(21)19-20-16(22)24-10-12-3-7-14(18)8-4-12/h1-8H,9-10H2/b20-19-. The molecule has 2 amide bonds. The lowest BCUT2D eigenvalue weighted by molar-refractivity contribution is 0.139.